The molecular weight excluding hydrogens is 248 g/mol. The fraction of sp³-hybridized carbons (Fsp3) is 1.00. The van der Waals surface area contributed by atoms with Gasteiger partial charge in [0.05, 0.1) is 6.10 Å². The minimum atomic E-state index is 0.500. The van der Waals surface area contributed by atoms with Crippen molar-refractivity contribution >= 4 is 0 Å². The van der Waals surface area contributed by atoms with Crippen LogP contribution in [0.2, 0.25) is 0 Å². The summed E-state index contributed by atoms with van der Waals surface area (Å²) >= 11 is 0. The highest BCUT2D eigenvalue weighted by Gasteiger charge is 2.49. The van der Waals surface area contributed by atoms with Gasteiger partial charge in [-0.05, 0) is 56.9 Å². The summed E-state index contributed by atoms with van der Waals surface area (Å²) in [5.41, 5.74) is 6.25. The Kier molecular flexibility index (Phi) is 5.00. The van der Waals surface area contributed by atoms with Crippen LogP contribution in [0.5, 0.6) is 0 Å². The number of piperidine rings is 1. The van der Waals surface area contributed by atoms with Gasteiger partial charge >= 0.3 is 0 Å². The van der Waals surface area contributed by atoms with Crippen LogP contribution >= 0.6 is 0 Å². The minimum Gasteiger partial charge on any atom is -0.378 e. The third kappa shape index (κ3) is 3.05. The molecule has 3 nitrogen and oxygen atoms in total. The summed E-state index contributed by atoms with van der Waals surface area (Å²) in [7, 11) is 0. The second-order valence-corrected chi connectivity index (χ2v) is 7.23. The molecule has 2 N–H and O–H groups in total. The molecule has 0 aromatic rings. The second kappa shape index (κ2) is 6.76. The summed E-state index contributed by atoms with van der Waals surface area (Å²) in [5.74, 6) is 0. The number of ether oxygens (including phenoxy) is 1. The highest BCUT2D eigenvalue weighted by atomic mass is 16.5. The van der Waals surface area contributed by atoms with Crippen LogP contribution in [-0.4, -0.2) is 43.3 Å². The number of hydrogen-bond acceptors (Lipinski definition) is 3. The number of nitrogens with two attached hydrogens (primary N) is 1. The predicted octanol–water partition coefficient (Wildman–Crippen LogP) is 2.93. The van der Waals surface area contributed by atoms with Crippen LogP contribution < -0.4 is 5.73 Å². The molecule has 116 valence electrons. The Hall–Kier alpha value is -0.120. The maximum absolute atomic E-state index is 5.93. The maximum atomic E-state index is 5.93. The Morgan fingerprint density at radius 1 is 1.00 bits per heavy atom. The van der Waals surface area contributed by atoms with Gasteiger partial charge in [0, 0.05) is 25.7 Å². The van der Waals surface area contributed by atoms with E-state index in [9.17, 15) is 0 Å². The number of rotatable bonds is 5. The molecule has 1 atom stereocenters. The predicted molar refractivity (Wildman–Crippen MR) is 82.8 cm³/mol. The summed E-state index contributed by atoms with van der Waals surface area (Å²) in [6, 6.07) is 0.910. The number of hydrogen-bond donors (Lipinski definition) is 1. The molecule has 3 rings (SSSR count). The van der Waals surface area contributed by atoms with E-state index in [1.807, 2.05) is 0 Å². The van der Waals surface area contributed by atoms with Crippen molar-refractivity contribution in [3.8, 4) is 0 Å². The molecule has 2 saturated carbocycles. The van der Waals surface area contributed by atoms with Gasteiger partial charge < -0.3 is 10.5 Å². The first kappa shape index (κ1) is 14.8. The molecule has 3 fully saturated rings. The molecule has 0 aromatic heterocycles. The van der Waals surface area contributed by atoms with Crippen LogP contribution in [0.25, 0.3) is 0 Å². The molecule has 1 aliphatic heterocycles. The van der Waals surface area contributed by atoms with Gasteiger partial charge in [-0.3, -0.25) is 4.90 Å². The Morgan fingerprint density at radius 2 is 1.75 bits per heavy atom. The van der Waals surface area contributed by atoms with Crippen LogP contribution in [-0.2, 0) is 4.74 Å². The lowest BCUT2D eigenvalue weighted by molar-refractivity contribution is -0.0808. The van der Waals surface area contributed by atoms with Crippen molar-refractivity contribution in [1.29, 1.82) is 0 Å². The van der Waals surface area contributed by atoms with Gasteiger partial charge in [-0.2, -0.15) is 0 Å². The normalized spacial score (nSPS) is 31.4. The molecule has 0 aromatic carbocycles. The van der Waals surface area contributed by atoms with E-state index in [4.69, 9.17) is 10.5 Å². The summed E-state index contributed by atoms with van der Waals surface area (Å²) in [4.78, 5) is 2.80. The van der Waals surface area contributed by atoms with Gasteiger partial charge in [-0.25, -0.2) is 0 Å². The van der Waals surface area contributed by atoms with Crippen LogP contribution in [0.3, 0.4) is 0 Å². The van der Waals surface area contributed by atoms with E-state index in [1.165, 1.54) is 70.9 Å². The molecule has 1 unspecified atom stereocenters. The zero-order valence-corrected chi connectivity index (χ0v) is 13.0. The van der Waals surface area contributed by atoms with Crippen molar-refractivity contribution in [1.82, 2.24) is 4.90 Å². The molecule has 2 aliphatic carbocycles. The van der Waals surface area contributed by atoms with E-state index in [2.05, 4.69) is 4.90 Å². The summed E-state index contributed by atoms with van der Waals surface area (Å²) in [5, 5.41) is 0. The fourth-order valence-electron chi connectivity index (χ4n) is 4.78. The van der Waals surface area contributed by atoms with Gasteiger partial charge in [0.1, 0.15) is 0 Å². The van der Waals surface area contributed by atoms with Gasteiger partial charge in [-0.15, -0.1) is 0 Å². The molecule has 3 aliphatic rings. The first-order valence-corrected chi connectivity index (χ1v) is 8.90. The lowest BCUT2D eigenvalue weighted by Gasteiger charge is -2.57. The lowest BCUT2D eigenvalue weighted by Crippen LogP contribution is -2.58. The third-order valence-electron chi connectivity index (χ3n) is 6.09. The summed E-state index contributed by atoms with van der Waals surface area (Å²) in [6.45, 7) is 4.14. The van der Waals surface area contributed by atoms with Crippen LogP contribution in [0.4, 0.5) is 0 Å². The molecule has 0 amide bonds. The van der Waals surface area contributed by atoms with Crippen LogP contribution in [0.15, 0.2) is 0 Å². The van der Waals surface area contributed by atoms with Crippen molar-refractivity contribution in [3.05, 3.63) is 0 Å². The topological polar surface area (TPSA) is 38.5 Å². The molecule has 0 bridgehead atoms. The molecule has 20 heavy (non-hydrogen) atoms. The van der Waals surface area contributed by atoms with E-state index < -0.39 is 0 Å². The fourth-order valence-corrected chi connectivity index (χ4v) is 4.78. The van der Waals surface area contributed by atoms with E-state index in [0.717, 1.165) is 31.0 Å². The first-order chi connectivity index (χ1) is 9.84. The van der Waals surface area contributed by atoms with Crippen LogP contribution in [0, 0.1) is 5.41 Å². The Bertz CT molecular complexity index is 293. The number of likely N-dealkylation sites (tertiary alicyclic amines) is 1. The second-order valence-electron chi connectivity index (χ2n) is 7.23. The SMILES string of the molecule is NCCCOC1CCN(C2CCC23CCCCC3)CC1. The maximum Gasteiger partial charge on any atom is 0.0599 e. The van der Waals surface area contributed by atoms with E-state index in [0.29, 0.717) is 6.10 Å². The van der Waals surface area contributed by atoms with E-state index >= 15 is 0 Å². The van der Waals surface area contributed by atoms with Gasteiger partial charge in [0.15, 0.2) is 0 Å². The highest BCUT2D eigenvalue weighted by Crippen LogP contribution is 2.54. The lowest BCUT2D eigenvalue weighted by atomic mass is 9.56. The largest absolute Gasteiger partial charge is 0.378 e. The smallest absolute Gasteiger partial charge is 0.0599 e. The van der Waals surface area contributed by atoms with Crippen molar-refractivity contribution in [2.45, 2.75) is 76.4 Å². The Morgan fingerprint density at radius 3 is 2.35 bits per heavy atom. The zero-order valence-electron chi connectivity index (χ0n) is 13.0. The van der Waals surface area contributed by atoms with Crippen molar-refractivity contribution in [3.63, 3.8) is 0 Å². The minimum absolute atomic E-state index is 0.500. The van der Waals surface area contributed by atoms with Gasteiger partial charge in [0.25, 0.3) is 0 Å². The van der Waals surface area contributed by atoms with E-state index in [-0.39, 0.29) is 0 Å². The molecule has 3 heteroatoms. The standard InChI is InChI=1S/C17H32N2O/c18-11-4-14-20-15-6-12-19(13-7-15)16-5-10-17(16)8-2-1-3-9-17/h15-16H,1-14,18H2. The highest BCUT2D eigenvalue weighted by molar-refractivity contribution is 5.03. The van der Waals surface area contributed by atoms with Crippen molar-refractivity contribution < 1.29 is 4.74 Å². The molecule has 1 spiro atoms. The molecule has 1 heterocycles. The van der Waals surface area contributed by atoms with E-state index in [1.54, 1.807) is 0 Å². The van der Waals surface area contributed by atoms with Crippen molar-refractivity contribution in [2.24, 2.45) is 11.1 Å². The Balaban J connectivity index is 1.44. The monoisotopic (exact) mass is 280 g/mol. The van der Waals surface area contributed by atoms with Crippen LogP contribution in [0.1, 0.15) is 64.2 Å². The molecule has 0 radical (unpaired) electrons. The number of nitrogens with zero attached hydrogens (tertiary/aromatic N) is 1. The summed E-state index contributed by atoms with van der Waals surface area (Å²) < 4.78 is 5.93. The van der Waals surface area contributed by atoms with Crippen molar-refractivity contribution in [2.75, 3.05) is 26.2 Å². The average molecular weight is 280 g/mol. The Labute approximate surface area is 124 Å². The first-order valence-electron chi connectivity index (χ1n) is 8.90. The third-order valence-corrected chi connectivity index (χ3v) is 6.09. The van der Waals surface area contributed by atoms with Gasteiger partial charge in [0.2, 0.25) is 0 Å². The quantitative estimate of drug-likeness (QED) is 0.787. The van der Waals surface area contributed by atoms with Gasteiger partial charge in [-0.1, -0.05) is 19.3 Å². The molecule has 1 saturated heterocycles. The zero-order chi connectivity index (χ0) is 13.8. The summed E-state index contributed by atoms with van der Waals surface area (Å²) in [6.07, 6.45) is 14.4. The average Bonchev–Trinajstić information content (AvgIpc) is 2.49. The molecular formula is C17H32N2O.